The molecule has 0 aromatic carbocycles. The molecule has 0 aromatic rings. The van der Waals surface area contributed by atoms with E-state index in [4.69, 9.17) is 0 Å². The number of carbonyl (C=O) groups excluding carboxylic acids is 1. The van der Waals surface area contributed by atoms with Crippen molar-refractivity contribution < 1.29 is 14.7 Å². The van der Waals surface area contributed by atoms with Gasteiger partial charge in [0.15, 0.2) is 5.78 Å². The fraction of sp³-hybridized carbons (Fsp3) is 0.833. The molecule has 0 heterocycles. The molecule has 27 heavy (non-hydrogen) atoms. The van der Waals surface area contributed by atoms with E-state index in [1.165, 1.54) is 37.7 Å². The average Bonchev–Trinajstić information content (AvgIpc) is 2.92. The largest absolute Gasteiger partial charge is 0.481 e. The van der Waals surface area contributed by atoms with Crippen molar-refractivity contribution in [2.45, 2.75) is 85.0 Å². The predicted molar refractivity (Wildman–Crippen MR) is 106 cm³/mol. The van der Waals surface area contributed by atoms with Gasteiger partial charge in [-0.3, -0.25) is 9.59 Å². The van der Waals surface area contributed by atoms with Crippen LogP contribution in [0.5, 0.6) is 0 Å². The zero-order valence-corrected chi connectivity index (χ0v) is 17.3. The molecular formula is C24H36O3. The molecule has 0 aliphatic heterocycles. The van der Waals surface area contributed by atoms with Gasteiger partial charge in [0.1, 0.15) is 0 Å². The van der Waals surface area contributed by atoms with Crippen molar-refractivity contribution in [1.82, 2.24) is 0 Å². The molecule has 0 amide bonds. The number of carbonyl (C=O) groups is 2. The van der Waals surface area contributed by atoms with E-state index in [9.17, 15) is 14.7 Å². The highest BCUT2D eigenvalue weighted by Gasteiger charge is 2.60. The first kappa shape index (κ1) is 19.2. The van der Waals surface area contributed by atoms with Crippen LogP contribution in [0.1, 0.15) is 85.0 Å². The van der Waals surface area contributed by atoms with Crippen molar-refractivity contribution in [2.75, 3.05) is 0 Å². The van der Waals surface area contributed by atoms with E-state index in [1.807, 2.05) is 6.08 Å². The normalized spacial score (nSPS) is 46.3. The Kier molecular flexibility index (Phi) is 4.79. The number of carboxylic acid groups (broad SMARTS) is 1. The summed E-state index contributed by atoms with van der Waals surface area (Å²) in [6.45, 7) is 7.24. The Bertz CT molecular complexity index is 665. The zero-order chi connectivity index (χ0) is 19.4. The molecule has 0 radical (unpaired) electrons. The smallest absolute Gasteiger partial charge is 0.303 e. The van der Waals surface area contributed by atoms with Crippen molar-refractivity contribution in [3.8, 4) is 0 Å². The fourth-order valence-electron chi connectivity index (χ4n) is 8.14. The van der Waals surface area contributed by atoms with Crippen LogP contribution in [-0.2, 0) is 9.59 Å². The van der Waals surface area contributed by atoms with Gasteiger partial charge in [0.2, 0.25) is 0 Å². The molecule has 7 atom stereocenters. The van der Waals surface area contributed by atoms with E-state index in [0.717, 1.165) is 43.4 Å². The molecule has 3 saturated carbocycles. The summed E-state index contributed by atoms with van der Waals surface area (Å²) < 4.78 is 0. The lowest BCUT2D eigenvalue weighted by atomic mass is 9.46. The number of rotatable bonds is 4. The Morgan fingerprint density at radius 1 is 1.19 bits per heavy atom. The Labute approximate surface area is 164 Å². The molecule has 4 rings (SSSR count). The van der Waals surface area contributed by atoms with Gasteiger partial charge in [0.05, 0.1) is 0 Å². The predicted octanol–water partition coefficient (Wildman–Crippen LogP) is 5.64. The van der Waals surface area contributed by atoms with E-state index >= 15 is 0 Å². The lowest BCUT2D eigenvalue weighted by Crippen LogP contribution is -2.50. The SMILES string of the molecule is CCC1C[C@H]2[C@@H]3CCC4=CC(=O)CC[C@]4(C)[C@H]3CC[C@]2(C)[C@H]1CCC(=O)O. The van der Waals surface area contributed by atoms with Crippen LogP contribution in [-0.4, -0.2) is 16.9 Å². The second-order valence-corrected chi connectivity index (χ2v) is 10.5. The molecule has 0 saturated heterocycles. The number of ketones is 1. The molecule has 3 heteroatoms. The Morgan fingerprint density at radius 2 is 1.96 bits per heavy atom. The number of hydrogen-bond acceptors (Lipinski definition) is 2. The lowest BCUT2D eigenvalue weighted by Gasteiger charge is -2.58. The van der Waals surface area contributed by atoms with Gasteiger partial charge in [-0.25, -0.2) is 0 Å². The summed E-state index contributed by atoms with van der Waals surface area (Å²) in [5.74, 6) is 3.19. The van der Waals surface area contributed by atoms with E-state index in [1.54, 1.807) is 0 Å². The second-order valence-electron chi connectivity index (χ2n) is 10.5. The van der Waals surface area contributed by atoms with Crippen LogP contribution >= 0.6 is 0 Å². The van der Waals surface area contributed by atoms with Crippen LogP contribution in [0.25, 0.3) is 0 Å². The van der Waals surface area contributed by atoms with Crippen molar-refractivity contribution >= 4 is 11.8 Å². The van der Waals surface area contributed by atoms with Gasteiger partial charge in [-0.1, -0.05) is 32.8 Å². The van der Waals surface area contributed by atoms with Crippen LogP contribution in [0.4, 0.5) is 0 Å². The van der Waals surface area contributed by atoms with Crippen LogP contribution in [0.3, 0.4) is 0 Å². The number of carboxylic acids is 1. The highest BCUT2D eigenvalue weighted by Crippen LogP contribution is 2.68. The van der Waals surface area contributed by atoms with Crippen molar-refractivity contribution in [3.63, 3.8) is 0 Å². The van der Waals surface area contributed by atoms with Crippen molar-refractivity contribution in [2.24, 2.45) is 40.4 Å². The highest BCUT2D eigenvalue weighted by atomic mass is 16.4. The monoisotopic (exact) mass is 372 g/mol. The number of fused-ring (bicyclic) bond motifs is 5. The third kappa shape index (κ3) is 2.91. The molecule has 0 spiro atoms. The van der Waals surface area contributed by atoms with Crippen LogP contribution in [0.2, 0.25) is 0 Å². The van der Waals surface area contributed by atoms with E-state index in [2.05, 4.69) is 20.8 Å². The molecule has 4 aliphatic carbocycles. The van der Waals surface area contributed by atoms with Gasteiger partial charge in [0, 0.05) is 12.8 Å². The van der Waals surface area contributed by atoms with Gasteiger partial charge >= 0.3 is 5.97 Å². The molecule has 3 fully saturated rings. The molecule has 4 aliphatic rings. The lowest BCUT2D eigenvalue weighted by molar-refractivity contribution is -0.138. The third-order valence-electron chi connectivity index (χ3n) is 9.57. The Morgan fingerprint density at radius 3 is 2.67 bits per heavy atom. The first-order chi connectivity index (χ1) is 12.8. The van der Waals surface area contributed by atoms with Gasteiger partial charge in [-0.05, 0) is 91.4 Å². The Balaban J connectivity index is 1.62. The topological polar surface area (TPSA) is 54.4 Å². The number of aliphatic carboxylic acids is 1. The molecule has 3 nitrogen and oxygen atoms in total. The minimum Gasteiger partial charge on any atom is -0.481 e. The molecule has 1 N–H and O–H groups in total. The summed E-state index contributed by atoms with van der Waals surface area (Å²) >= 11 is 0. The third-order valence-corrected chi connectivity index (χ3v) is 9.57. The molecular weight excluding hydrogens is 336 g/mol. The number of allylic oxidation sites excluding steroid dienone is 1. The summed E-state index contributed by atoms with van der Waals surface area (Å²) in [6.07, 6.45) is 12.3. The van der Waals surface area contributed by atoms with Gasteiger partial charge in [-0.15, -0.1) is 0 Å². The first-order valence-electron chi connectivity index (χ1n) is 11.2. The van der Waals surface area contributed by atoms with Gasteiger partial charge in [0.25, 0.3) is 0 Å². The van der Waals surface area contributed by atoms with E-state index in [0.29, 0.717) is 29.5 Å². The quantitative estimate of drug-likeness (QED) is 0.695. The van der Waals surface area contributed by atoms with E-state index < -0.39 is 5.97 Å². The minimum absolute atomic E-state index is 0.235. The number of hydrogen-bond donors (Lipinski definition) is 1. The summed E-state index contributed by atoms with van der Waals surface area (Å²) in [5, 5.41) is 9.25. The summed E-state index contributed by atoms with van der Waals surface area (Å²) in [6, 6.07) is 0. The standard InChI is InChI=1S/C24H36O3/c1-4-15-13-21-18-6-5-16-14-17(25)9-11-23(16,2)20(18)10-12-24(21,3)19(15)7-8-22(26)27/h14-15,18-21H,4-13H2,1-3H3,(H,26,27)/t15?,18-,19+,20+,21+,23+,24-/m1/s1. The zero-order valence-electron chi connectivity index (χ0n) is 17.3. The van der Waals surface area contributed by atoms with Crippen molar-refractivity contribution in [3.05, 3.63) is 11.6 Å². The van der Waals surface area contributed by atoms with Gasteiger partial charge in [-0.2, -0.15) is 0 Å². The average molecular weight is 373 g/mol. The summed E-state index contributed by atoms with van der Waals surface area (Å²) in [4.78, 5) is 23.2. The molecule has 0 aromatic heterocycles. The first-order valence-corrected chi connectivity index (χ1v) is 11.2. The van der Waals surface area contributed by atoms with E-state index in [-0.39, 0.29) is 5.41 Å². The molecule has 1 unspecified atom stereocenters. The minimum atomic E-state index is -0.641. The van der Waals surface area contributed by atoms with Gasteiger partial charge < -0.3 is 5.11 Å². The second kappa shape index (κ2) is 6.74. The van der Waals surface area contributed by atoms with Crippen LogP contribution in [0, 0.1) is 40.4 Å². The highest BCUT2D eigenvalue weighted by molar-refractivity contribution is 5.91. The summed E-state index contributed by atoms with van der Waals surface area (Å²) in [7, 11) is 0. The van der Waals surface area contributed by atoms with Crippen molar-refractivity contribution in [1.29, 1.82) is 0 Å². The summed E-state index contributed by atoms with van der Waals surface area (Å²) in [5.41, 5.74) is 1.99. The maximum Gasteiger partial charge on any atom is 0.303 e. The van der Waals surface area contributed by atoms with Crippen LogP contribution < -0.4 is 0 Å². The Hall–Kier alpha value is -1.12. The maximum absolute atomic E-state index is 12.0. The van der Waals surface area contributed by atoms with Crippen LogP contribution in [0.15, 0.2) is 11.6 Å². The maximum atomic E-state index is 12.0. The molecule has 150 valence electrons. The molecule has 0 bridgehead atoms. The fourth-order valence-corrected chi connectivity index (χ4v) is 8.14.